The predicted molar refractivity (Wildman–Crippen MR) is 41.3 cm³/mol. The standard InChI is InChI=1S/C9H14/c1-7-4-5-8(2)9(3)6-7/h7H,2-6H2,1H3/t7-/m1/s1. The fourth-order valence-electron chi connectivity index (χ4n) is 1.26. The van der Waals surface area contributed by atoms with Crippen LogP contribution in [0.5, 0.6) is 0 Å². The zero-order valence-electron chi connectivity index (χ0n) is 6.11. The maximum Gasteiger partial charge on any atom is -0.0256 e. The molecule has 50 valence electrons. The molecule has 1 rings (SSSR count). The van der Waals surface area contributed by atoms with Gasteiger partial charge >= 0.3 is 0 Å². The summed E-state index contributed by atoms with van der Waals surface area (Å²) < 4.78 is 0. The van der Waals surface area contributed by atoms with Gasteiger partial charge in [0.1, 0.15) is 0 Å². The first-order chi connectivity index (χ1) is 4.20. The van der Waals surface area contributed by atoms with Gasteiger partial charge in [0.15, 0.2) is 0 Å². The van der Waals surface area contributed by atoms with Crippen molar-refractivity contribution in [1.29, 1.82) is 0 Å². The van der Waals surface area contributed by atoms with Crippen LogP contribution in [0.1, 0.15) is 26.2 Å². The molecule has 9 heavy (non-hydrogen) atoms. The van der Waals surface area contributed by atoms with Crippen LogP contribution in [0.2, 0.25) is 0 Å². The molecule has 0 aromatic carbocycles. The molecule has 1 aliphatic rings. The molecule has 1 atom stereocenters. The Morgan fingerprint density at radius 3 is 2.44 bits per heavy atom. The molecule has 0 N–H and O–H groups in total. The van der Waals surface area contributed by atoms with Gasteiger partial charge in [0, 0.05) is 0 Å². The van der Waals surface area contributed by atoms with Crippen LogP contribution in [0.15, 0.2) is 24.3 Å². The van der Waals surface area contributed by atoms with E-state index in [1.54, 1.807) is 0 Å². The second-order valence-corrected chi connectivity index (χ2v) is 3.06. The minimum atomic E-state index is 0.836. The monoisotopic (exact) mass is 122 g/mol. The summed E-state index contributed by atoms with van der Waals surface area (Å²) in [6, 6.07) is 0. The van der Waals surface area contributed by atoms with Gasteiger partial charge in [0.05, 0.1) is 0 Å². The lowest BCUT2D eigenvalue weighted by atomic mass is 9.85. The van der Waals surface area contributed by atoms with E-state index in [4.69, 9.17) is 0 Å². The summed E-state index contributed by atoms with van der Waals surface area (Å²) in [7, 11) is 0. The minimum Gasteiger partial charge on any atom is -0.0956 e. The number of hydrogen-bond donors (Lipinski definition) is 0. The smallest absolute Gasteiger partial charge is 0.0256 e. The Morgan fingerprint density at radius 2 is 2.00 bits per heavy atom. The van der Waals surface area contributed by atoms with Crippen LogP contribution in [0, 0.1) is 5.92 Å². The third kappa shape index (κ3) is 1.44. The molecular formula is C9H14. The van der Waals surface area contributed by atoms with Gasteiger partial charge in [-0.05, 0) is 25.2 Å². The van der Waals surface area contributed by atoms with Crippen molar-refractivity contribution in [2.24, 2.45) is 5.92 Å². The van der Waals surface area contributed by atoms with Gasteiger partial charge in [0.2, 0.25) is 0 Å². The van der Waals surface area contributed by atoms with Gasteiger partial charge in [-0.3, -0.25) is 0 Å². The van der Waals surface area contributed by atoms with Crippen molar-refractivity contribution < 1.29 is 0 Å². The Hall–Kier alpha value is -0.520. The van der Waals surface area contributed by atoms with Gasteiger partial charge < -0.3 is 0 Å². The van der Waals surface area contributed by atoms with Gasteiger partial charge in [-0.25, -0.2) is 0 Å². The van der Waals surface area contributed by atoms with Crippen LogP contribution in [-0.4, -0.2) is 0 Å². The van der Waals surface area contributed by atoms with E-state index in [2.05, 4.69) is 20.1 Å². The average Bonchev–Trinajstić information content (AvgIpc) is 1.80. The SMILES string of the molecule is C=C1CC[C@@H](C)CC1=C. The Balaban J connectivity index is 2.54. The molecule has 0 aliphatic heterocycles. The number of allylic oxidation sites excluding steroid dienone is 2. The van der Waals surface area contributed by atoms with E-state index in [1.807, 2.05) is 0 Å². The zero-order chi connectivity index (χ0) is 6.85. The minimum absolute atomic E-state index is 0.836. The van der Waals surface area contributed by atoms with E-state index >= 15 is 0 Å². The van der Waals surface area contributed by atoms with Gasteiger partial charge in [-0.15, -0.1) is 0 Å². The molecular weight excluding hydrogens is 108 g/mol. The summed E-state index contributed by atoms with van der Waals surface area (Å²) >= 11 is 0. The van der Waals surface area contributed by atoms with Crippen molar-refractivity contribution in [1.82, 2.24) is 0 Å². The molecule has 0 saturated heterocycles. The Morgan fingerprint density at radius 1 is 1.33 bits per heavy atom. The Bertz CT molecular complexity index is 142. The summed E-state index contributed by atoms with van der Waals surface area (Å²) in [6.45, 7) is 10.2. The van der Waals surface area contributed by atoms with Crippen LogP contribution >= 0.6 is 0 Å². The van der Waals surface area contributed by atoms with Crippen molar-refractivity contribution in [3.8, 4) is 0 Å². The summed E-state index contributed by atoms with van der Waals surface area (Å²) in [5.41, 5.74) is 2.54. The topological polar surface area (TPSA) is 0 Å². The second-order valence-electron chi connectivity index (χ2n) is 3.06. The molecule has 0 heterocycles. The van der Waals surface area contributed by atoms with Crippen molar-refractivity contribution in [2.75, 3.05) is 0 Å². The maximum atomic E-state index is 3.95. The van der Waals surface area contributed by atoms with E-state index in [0.29, 0.717) is 0 Å². The van der Waals surface area contributed by atoms with E-state index in [0.717, 1.165) is 5.92 Å². The second kappa shape index (κ2) is 2.38. The first-order valence-electron chi connectivity index (χ1n) is 3.56. The highest BCUT2D eigenvalue weighted by Crippen LogP contribution is 2.29. The summed E-state index contributed by atoms with van der Waals surface area (Å²) in [5.74, 6) is 0.836. The molecule has 0 aromatic rings. The molecule has 0 radical (unpaired) electrons. The largest absolute Gasteiger partial charge is 0.0956 e. The normalized spacial score (nSPS) is 28.8. The van der Waals surface area contributed by atoms with Crippen molar-refractivity contribution in [3.63, 3.8) is 0 Å². The molecule has 0 heteroatoms. The van der Waals surface area contributed by atoms with Crippen molar-refractivity contribution >= 4 is 0 Å². The fourth-order valence-corrected chi connectivity index (χ4v) is 1.26. The van der Waals surface area contributed by atoms with Crippen LogP contribution in [-0.2, 0) is 0 Å². The van der Waals surface area contributed by atoms with E-state index in [-0.39, 0.29) is 0 Å². The number of rotatable bonds is 0. The highest BCUT2D eigenvalue weighted by Gasteiger charge is 2.13. The van der Waals surface area contributed by atoms with Gasteiger partial charge in [-0.2, -0.15) is 0 Å². The highest BCUT2D eigenvalue weighted by atomic mass is 14.2. The first-order valence-corrected chi connectivity index (χ1v) is 3.56. The summed E-state index contributed by atoms with van der Waals surface area (Å²) in [4.78, 5) is 0. The van der Waals surface area contributed by atoms with Crippen LogP contribution in [0.3, 0.4) is 0 Å². The summed E-state index contributed by atoms with van der Waals surface area (Å²) in [6.07, 6.45) is 3.64. The molecule has 0 amide bonds. The number of hydrogen-bond acceptors (Lipinski definition) is 0. The molecule has 0 bridgehead atoms. The predicted octanol–water partition coefficient (Wildman–Crippen LogP) is 2.92. The first kappa shape index (κ1) is 6.60. The van der Waals surface area contributed by atoms with E-state index in [1.165, 1.54) is 30.4 Å². The zero-order valence-corrected chi connectivity index (χ0v) is 6.11. The van der Waals surface area contributed by atoms with E-state index in [9.17, 15) is 0 Å². The van der Waals surface area contributed by atoms with Gasteiger partial charge in [0.25, 0.3) is 0 Å². The molecule has 1 fully saturated rings. The lowest BCUT2D eigenvalue weighted by molar-refractivity contribution is 0.499. The average molecular weight is 122 g/mol. The van der Waals surface area contributed by atoms with Crippen molar-refractivity contribution in [2.45, 2.75) is 26.2 Å². The fraction of sp³-hybridized carbons (Fsp3) is 0.556. The lowest BCUT2D eigenvalue weighted by Crippen LogP contribution is -2.05. The molecule has 0 nitrogen and oxygen atoms in total. The van der Waals surface area contributed by atoms with Crippen LogP contribution < -0.4 is 0 Å². The Labute approximate surface area is 57.3 Å². The molecule has 1 saturated carbocycles. The quantitative estimate of drug-likeness (QED) is 0.463. The lowest BCUT2D eigenvalue weighted by Gasteiger charge is -2.21. The molecule has 0 unspecified atom stereocenters. The van der Waals surface area contributed by atoms with Crippen molar-refractivity contribution in [3.05, 3.63) is 24.3 Å². The maximum absolute atomic E-state index is 3.95. The van der Waals surface area contributed by atoms with Crippen LogP contribution in [0.25, 0.3) is 0 Å². The molecule has 0 aromatic heterocycles. The highest BCUT2D eigenvalue weighted by molar-refractivity contribution is 5.27. The third-order valence-electron chi connectivity index (χ3n) is 2.03. The Kier molecular flexibility index (Phi) is 1.75. The molecule has 1 aliphatic carbocycles. The molecule has 0 spiro atoms. The summed E-state index contributed by atoms with van der Waals surface area (Å²) in [5, 5.41) is 0. The third-order valence-corrected chi connectivity index (χ3v) is 2.03. The van der Waals surface area contributed by atoms with Crippen LogP contribution in [0.4, 0.5) is 0 Å². The van der Waals surface area contributed by atoms with Gasteiger partial charge in [-0.1, -0.05) is 31.2 Å². The van der Waals surface area contributed by atoms with E-state index < -0.39 is 0 Å².